The first-order chi connectivity index (χ1) is 10.1. The molecule has 0 radical (unpaired) electrons. The van der Waals surface area contributed by atoms with Gasteiger partial charge in [-0.25, -0.2) is 0 Å². The molecule has 0 heterocycles. The minimum atomic E-state index is 0.662. The molecule has 1 aliphatic rings. The monoisotopic (exact) mass is 352 g/mol. The molecule has 3 heteroatoms. The second-order valence-corrected chi connectivity index (χ2v) is 7.48. The van der Waals surface area contributed by atoms with Crippen LogP contribution in [0, 0.1) is 0 Å². The van der Waals surface area contributed by atoms with Crippen LogP contribution in [0.2, 0.25) is 0 Å². The van der Waals surface area contributed by atoms with Gasteiger partial charge in [-0.15, -0.1) is 0 Å². The Morgan fingerprint density at radius 2 is 1.95 bits per heavy atom. The summed E-state index contributed by atoms with van der Waals surface area (Å²) in [6.07, 6.45) is 5.15. The summed E-state index contributed by atoms with van der Waals surface area (Å²) in [5, 5.41) is 3.71. The molecule has 0 bridgehead atoms. The summed E-state index contributed by atoms with van der Waals surface area (Å²) >= 11 is 3.66. The number of benzene rings is 1. The molecular formula is C18H29BrN2. The minimum absolute atomic E-state index is 0.662. The Balaban J connectivity index is 1.56. The maximum atomic E-state index is 3.71. The van der Waals surface area contributed by atoms with Gasteiger partial charge in [-0.1, -0.05) is 34.1 Å². The van der Waals surface area contributed by atoms with E-state index in [1.807, 2.05) is 0 Å². The van der Waals surface area contributed by atoms with E-state index in [1.165, 1.54) is 48.8 Å². The number of nitrogens with one attached hydrogen (secondary N) is 1. The molecule has 1 aromatic rings. The highest BCUT2D eigenvalue weighted by atomic mass is 79.9. The Labute approximate surface area is 138 Å². The molecule has 2 rings (SSSR count). The van der Waals surface area contributed by atoms with Crippen LogP contribution >= 0.6 is 15.9 Å². The lowest BCUT2D eigenvalue weighted by Gasteiger charge is -2.37. The lowest BCUT2D eigenvalue weighted by molar-refractivity contribution is 0.260. The number of rotatable bonds is 8. The molecule has 0 spiro atoms. The number of nitrogens with zero attached hydrogens (tertiary/aromatic N) is 1. The highest BCUT2D eigenvalue weighted by Gasteiger charge is 2.30. The third kappa shape index (κ3) is 5.08. The molecule has 0 unspecified atom stereocenters. The second-order valence-electron chi connectivity index (χ2n) is 6.62. The highest BCUT2D eigenvalue weighted by Crippen LogP contribution is 2.39. The SMILES string of the molecule is CC(C)N(C)CCCCNC1CC(c2ccccc2Br)C1. The van der Waals surface area contributed by atoms with Crippen molar-refractivity contribution in [3.63, 3.8) is 0 Å². The Morgan fingerprint density at radius 1 is 1.24 bits per heavy atom. The Morgan fingerprint density at radius 3 is 2.62 bits per heavy atom. The number of hydrogen-bond donors (Lipinski definition) is 1. The van der Waals surface area contributed by atoms with E-state index >= 15 is 0 Å². The van der Waals surface area contributed by atoms with Gasteiger partial charge in [0.05, 0.1) is 0 Å². The van der Waals surface area contributed by atoms with Gasteiger partial charge in [0, 0.05) is 16.6 Å². The fraction of sp³-hybridized carbons (Fsp3) is 0.667. The Hall–Kier alpha value is -0.380. The molecule has 1 saturated carbocycles. The van der Waals surface area contributed by atoms with Gasteiger partial charge in [0.15, 0.2) is 0 Å². The van der Waals surface area contributed by atoms with Gasteiger partial charge in [0.25, 0.3) is 0 Å². The fourth-order valence-corrected chi connectivity index (χ4v) is 3.50. The van der Waals surface area contributed by atoms with E-state index in [4.69, 9.17) is 0 Å². The summed E-state index contributed by atoms with van der Waals surface area (Å²) in [5.74, 6) is 0.741. The lowest BCUT2D eigenvalue weighted by atomic mass is 9.76. The van der Waals surface area contributed by atoms with Crippen molar-refractivity contribution in [3.8, 4) is 0 Å². The molecule has 21 heavy (non-hydrogen) atoms. The van der Waals surface area contributed by atoms with Gasteiger partial charge in [-0.2, -0.15) is 0 Å². The van der Waals surface area contributed by atoms with Crippen molar-refractivity contribution in [1.29, 1.82) is 0 Å². The van der Waals surface area contributed by atoms with Gasteiger partial charge in [0.2, 0.25) is 0 Å². The van der Waals surface area contributed by atoms with Crippen molar-refractivity contribution >= 4 is 15.9 Å². The molecule has 118 valence electrons. The predicted molar refractivity (Wildman–Crippen MR) is 94.9 cm³/mol. The van der Waals surface area contributed by atoms with Crippen molar-refractivity contribution < 1.29 is 0 Å². The average Bonchev–Trinajstić information content (AvgIpc) is 2.41. The van der Waals surface area contributed by atoms with Gasteiger partial charge in [0.1, 0.15) is 0 Å². The molecule has 0 aromatic heterocycles. The molecule has 1 aliphatic carbocycles. The van der Waals surface area contributed by atoms with E-state index in [-0.39, 0.29) is 0 Å². The summed E-state index contributed by atoms with van der Waals surface area (Å²) in [6.45, 7) is 6.89. The summed E-state index contributed by atoms with van der Waals surface area (Å²) < 4.78 is 1.27. The van der Waals surface area contributed by atoms with Crippen molar-refractivity contribution in [2.75, 3.05) is 20.1 Å². The first-order valence-corrected chi connectivity index (χ1v) is 9.05. The molecule has 1 N–H and O–H groups in total. The summed E-state index contributed by atoms with van der Waals surface area (Å²) in [4.78, 5) is 2.42. The van der Waals surface area contributed by atoms with Crippen molar-refractivity contribution in [1.82, 2.24) is 10.2 Å². The maximum Gasteiger partial charge on any atom is 0.0210 e. The molecule has 1 fully saturated rings. The van der Waals surface area contributed by atoms with Gasteiger partial charge in [-0.3, -0.25) is 0 Å². The molecule has 0 atom stereocenters. The normalized spacial score (nSPS) is 21.8. The van der Waals surface area contributed by atoms with Crippen LogP contribution in [0.5, 0.6) is 0 Å². The van der Waals surface area contributed by atoms with Gasteiger partial charge >= 0.3 is 0 Å². The average molecular weight is 353 g/mol. The van der Waals surface area contributed by atoms with Crippen LogP contribution in [0.1, 0.15) is 51.0 Å². The zero-order chi connectivity index (χ0) is 15.2. The topological polar surface area (TPSA) is 15.3 Å². The molecule has 2 nitrogen and oxygen atoms in total. The molecule has 0 saturated heterocycles. The first-order valence-electron chi connectivity index (χ1n) is 8.26. The van der Waals surface area contributed by atoms with Crippen molar-refractivity contribution in [3.05, 3.63) is 34.3 Å². The third-order valence-corrected chi connectivity index (χ3v) is 5.46. The van der Waals surface area contributed by atoms with E-state index in [9.17, 15) is 0 Å². The number of halogens is 1. The van der Waals surface area contributed by atoms with Crippen molar-refractivity contribution in [2.24, 2.45) is 0 Å². The van der Waals surface area contributed by atoms with Crippen LogP contribution in [0.3, 0.4) is 0 Å². The smallest absolute Gasteiger partial charge is 0.0210 e. The van der Waals surface area contributed by atoms with E-state index < -0.39 is 0 Å². The molecular weight excluding hydrogens is 324 g/mol. The van der Waals surface area contributed by atoms with Crippen molar-refractivity contribution in [2.45, 2.75) is 57.5 Å². The van der Waals surface area contributed by atoms with Crippen LogP contribution < -0.4 is 5.32 Å². The van der Waals surface area contributed by atoms with Crippen LogP contribution in [0.25, 0.3) is 0 Å². The largest absolute Gasteiger partial charge is 0.314 e. The predicted octanol–water partition coefficient (Wildman–Crippen LogP) is 4.41. The summed E-state index contributed by atoms with van der Waals surface area (Å²) in [6, 6.07) is 10.0. The Kier molecular flexibility index (Phi) is 6.72. The lowest BCUT2D eigenvalue weighted by Crippen LogP contribution is -2.40. The van der Waals surface area contributed by atoms with Crippen LogP contribution in [-0.4, -0.2) is 37.1 Å². The standard InChI is InChI=1S/C18H29BrN2/c1-14(2)21(3)11-7-6-10-20-16-12-15(13-16)17-8-4-5-9-18(17)19/h4-5,8-9,14-16,20H,6-7,10-13H2,1-3H3. The number of hydrogen-bond acceptors (Lipinski definition) is 2. The van der Waals surface area contributed by atoms with E-state index in [1.54, 1.807) is 0 Å². The van der Waals surface area contributed by atoms with Gasteiger partial charge in [-0.05, 0) is 77.2 Å². The quantitative estimate of drug-likeness (QED) is 0.697. The second kappa shape index (κ2) is 8.30. The molecule has 1 aromatic carbocycles. The molecule has 0 aliphatic heterocycles. The van der Waals surface area contributed by atoms with Crippen LogP contribution in [0.4, 0.5) is 0 Å². The van der Waals surface area contributed by atoms with Crippen LogP contribution in [-0.2, 0) is 0 Å². The summed E-state index contributed by atoms with van der Waals surface area (Å²) in [5.41, 5.74) is 1.48. The maximum absolute atomic E-state index is 3.71. The fourth-order valence-electron chi connectivity index (χ4n) is 2.90. The van der Waals surface area contributed by atoms with Crippen LogP contribution in [0.15, 0.2) is 28.7 Å². The summed E-state index contributed by atoms with van der Waals surface area (Å²) in [7, 11) is 2.21. The zero-order valence-electron chi connectivity index (χ0n) is 13.6. The van der Waals surface area contributed by atoms with E-state index in [0.29, 0.717) is 6.04 Å². The van der Waals surface area contributed by atoms with E-state index in [0.717, 1.165) is 12.0 Å². The van der Waals surface area contributed by atoms with Gasteiger partial charge < -0.3 is 10.2 Å². The van der Waals surface area contributed by atoms with E-state index in [2.05, 4.69) is 71.3 Å². The Bertz CT molecular complexity index is 427. The first kappa shape index (κ1) is 17.0. The highest BCUT2D eigenvalue weighted by molar-refractivity contribution is 9.10. The zero-order valence-corrected chi connectivity index (χ0v) is 15.2. The third-order valence-electron chi connectivity index (χ3n) is 4.74. The number of unbranched alkanes of at least 4 members (excludes halogenated alkanes) is 1. The molecule has 0 amide bonds. The minimum Gasteiger partial charge on any atom is -0.314 e.